The number of nitrogens with zero attached hydrogens (tertiary/aromatic N) is 6. The normalized spacial score (nSPS) is 10.8. The second-order valence-corrected chi connectivity index (χ2v) is 5.26. The molecule has 2 aromatic heterocycles. The Hall–Kier alpha value is -3.35. The number of aromatic nitrogens is 6. The van der Waals surface area contributed by atoms with Gasteiger partial charge >= 0.3 is 0 Å². The van der Waals surface area contributed by atoms with Crippen LogP contribution < -0.4 is 0 Å². The Morgan fingerprint density at radius 1 is 0.792 bits per heavy atom. The first kappa shape index (κ1) is 14.3. The zero-order valence-electron chi connectivity index (χ0n) is 12.8. The van der Waals surface area contributed by atoms with Crippen LogP contribution in [-0.2, 0) is 13.0 Å². The van der Waals surface area contributed by atoms with Crippen molar-refractivity contribution in [3.63, 3.8) is 0 Å². The van der Waals surface area contributed by atoms with E-state index in [1.54, 1.807) is 0 Å². The van der Waals surface area contributed by atoms with E-state index in [1.807, 2.05) is 60.7 Å². The number of tetrazole rings is 1. The third-order valence-corrected chi connectivity index (χ3v) is 3.47. The molecule has 0 spiro atoms. The van der Waals surface area contributed by atoms with Crippen LogP contribution in [0.1, 0.15) is 17.3 Å². The first-order valence-electron chi connectivity index (χ1n) is 7.55. The van der Waals surface area contributed by atoms with E-state index < -0.39 is 0 Å². The van der Waals surface area contributed by atoms with Crippen molar-refractivity contribution in [1.82, 2.24) is 30.4 Å². The first-order chi connectivity index (χ1) is 11.9. The van der Waals surface area contributed by atoms with Crippen molar-refractivity contribution in [3.05, 3.63) is 78.0 Å². The minimum atomic E-state index is 0.293. The lowest BCUT2D eigenvalue weighted by Gasteiger charge is -1.95. The Morgan fingerprint density at radius 2 is 1.50 bits per heavy atom. The van der Waals surface area contributed by atoms with Crippen LogP contribution in [0.5, 0.6) is 0 Å². The molecule has 0 bridgehead atoms. The van der Waals surface area contributed by atoms with Crippen molar-refractivity contribution < 1.29 is 4.42 Å². The molecule has 0 unspecified atom stereocenters. The molecule has 0 saturated carbocycles. The molecule has 0 aliphatic carbocycles. The molecule has 0 radical (unpaired) electrons. The summed E-state index contributed by atoms with van der Waals surface area (Å²) in [6.07, 6.45) is 0.605. The monoisotopic (exact) mass is 318 g/mol. The zero-order chi connectivity index (χ0) is 16.2. The molecule has 4 aromatic rings. The zero-order valence-corrected chi connectivity index (χ0v) is 12.8. The van der Waals surface area contributed by atoms with Gasteiger partial charge in [-0.3, -0.25) is 0 Å². The fraction of sp³-hybridized carbons (Fsp3) is 0.118. The van der Waals surface area contributed by atoms with Gasteiger partial charge in [-0.25, -0.2) is 0 Å². The summed E-state index contributed by atoms with van der Waals surface area (Å²) in [6, 6.07) is 19.7. The Kier molecular flexibility index (Phi) is 3.81. The third-order valence-electron chi connectivity index (χ3n) is 3.47. The highest BCUT2D eigenvalue weighted by Gasteiger charge is 2.11. The third kappa shape index (κ3) is 3.19. The molecule has 7 heteroatoms. The van der Waals surface area contributed by atoms with Crippen LogP contribution >= 0.6 is 0 Å². The van der Waals surface area contributed by atoms with Gasteiger partial charge in [0.2, 0.25) is 17.6 Å². The standard InChI is InChI=1S/C17H14N6O/c1-3-7-13(8-4-1)11-15-18-19-16(24-15)12-23-21-17(20-22-23)14-9-5-2-6-10-14/h1-10H,11-12H2. The summed E-state index contributed by atoms with van der Waals surface area (Å²) < 4.78 is 5.66. The predicted octanol–water partition coefficient (Wildman–Crippen LogP) is 2.36. The van der Waals surface area contributed by atoms with Gasteiger partial charge in [0, 0.05) is 5.56 Å². The van der Waals surface area contributed by atoms with Crippen molar-refractivity contribution in [2.45, 2.75) is 13.0 Å². The topological polar surface area (TPSA) is 82.5 Å². The lowest BCUT2D eigenvalue weighted by atomic mass is 10.2. The van der Waals surface area contributed by atoms with Crippen molar-refractivity contribution in [3.8, 4) is 11.4 Å². The lowest BCUT2D eigenvalue weighted by molar-refractivity contribution is 0.418. The molecule has 0 aliphatic heterocycles. The fourth-order valence-corrected chi connectivity index (χ4v) is 2.33. The van der Waals surface area contributed by atoms with E-state index in [9.17, 15) is 0 Å². The van der Waals surface area contributed by atoms with Crippen LogP contribution in [0.15, 0.2) is 65.1 Å². The van der Waals surface area contributed by atoms with Crippen LogP contribution in [0.2, 0.25) is 0 Å². The number of benzene rings is 2. The molecular formula is C17H14N6O. The Morgan fingerprint density at radius 3 is 2.29 bits per heavy atom. The van der Waals surface area contributed by atoms with Gasteiger partial charge < -0.3 is 4.42 Å². The van der Waals surface area contributed by atoms with Gasteiger partial charge in [0.15, 0.2) is 0 Å². The fourth-order valence-electron chi connectivity index (χ4n) is 2.33. The molecule has 24 heavy (non-hydrogen) atoms. The highest BCUT2D eigenvalue weighted by atomic mass is 16.4. The van der Waals surface area contributed by atoms with Crippen molar-refractivity contribution in [2.24, 2.45) is 0 Å². The van der Waals surface area contributed by atoms with E-state index in [4.69, 9.17) is 4.42 Å². The van der Waals surface area contributed by atoms with Crippen molar-refractivity contribution in [1.29, 1.82) is 0 Å². The average molecular weight is 318 g/mol. The van der Waals surface area contributed by atoms with Gasteiger partial charge in [-0.2, -0.15) is 4.80 Å². The molecule has 0 atom stereocenters. The summed E-state index contributed by atoms with van der Waals surface area (Å²) in [5.41, 5.74) is 2.04. The van der Waals surface area contributed by atoms with Gasteiger partial charge in [0.25, 0.3) is 0 Å². The average Bonchev–Trinajstić information content (AvgIpc) is 3.27. The predicted molar refractivity (Wildman–Crippen MR) is 85.9 cm³/mol. The summed E-state index contributed by atoms with van der Waals surface area (Å²) in [6.45, 7) is 0.293. The second-order valence-electron chi connectivity index (χ2n) is 5.26. The summed E-state index contributed by atoms with van der Waals surface area (Å²) in [5, 5.41) is 20.5. The maximum atomic E-state index is 5.66. The minimum Gasteiger partial charge on any atom is -0.423 e. The summed E-state index contributed by atoms with van der Waals surface area (Å²) >= 11 is 0. The first-order valence-corrected chi connectivity index (χ1v) is 7.55. The molecule has 0 N–H and O–H groups in total. The van der Waals surface area contributed by atoms with Crippen LogP contribution in [0.3, 0.4) is 0 Å². The van der Waals surface area contributed by atoms with E-state index >= 15 is 0 Å². The van der Waals surface area contributed by atoms with Crippen LogP contribution in [0, 0.1) is 0 Å². The molecule has 7 nitrogen and oxygen atoms in total. The highest BCUT2D eigenvalue weighted by molar-refractivity contribution is 5.52. The molecule has 118 valence electrons. The number of hydrogen-bond donors (Lipinski definition) is 0. The van der Waals surface area contributed by atoms with Gasteiger partial charge in [-0.05, 0) is 10.8 Å². The maximum Gasteiger partial charge on any atom is 0.239 e. The molecule has 0 saturated heterocycles. The van der Waals surface area contributed by atoms with Gasteiger partial charge in [-0.15, -0.1) is 20.4 Å². The largest absolute Gasteiger partial charge is 0.423 e. The molecule has 2 aromatic carbocycles. The Balaban J connectivity index is 1.46. The quantitative estimate of drug-likeness (QED) is 0.562. The molecule has 0 fully saturated rings. The van der Waals surface area contributed by atoms with Gasteiger partial charge in [0.1, 0.15) is 6.54 Å². The van der Waals surface area contributed by atoms with Crippen LogP contribution in [0.4, 0.5) is 0 Å². The summed E-state index contributed by atoms with van der Waals surface area (Å²) in [7, 11) is 0. The van der Waals surface area contributed by atoms with Crippen LogP contribution in [-0.4, -0.2) is 30.4 Å². The Labute approximate surface area is 138 Å². The smallest absolute Gasteiger partial charge is 0.239 e. The van der Waals surface area contributed by atoms with E-state index in [2.05, 4.69) is 25.6 Å². The maximum absolute atomic E-state index is 5.66. The van der Waals surface area contributed by atoms with Crippen molar-refractivity contribution in [2.75, 3.05) is 0 Å². The van der Waals surface area contributed by atoms with Crippen molar-refractivity contribution >= 4 is 0 Å². The van der Waals surface area contributed by atoms with E-state index in [0.717, 1.165) is 11.1 Å². The lowest BCUT2D eigenvalue weighted by Crippen LogP contribution is -2.04. The Bertz CT molecular complexity index is 916. The van der Waals surface area contributed by atoms with Gasteiger partial charge in [-0.1, -0.05) is 60.7 Å². The summed E-state index contributed by atoms with van der Waals surface area (Å²) in [5.74, 6) is 1.59. The summed E-state index contributed by atoms with van der Waals surface area (Å²) in [4.78, 5) is 1.45. The van der Waals surface area contributed by atoms with E-state index in [0.29, 0.717) is 30.6 Å². The SMILES string of the molecule is c1ccc(Cc2nnc(Cn3nnc(-c4ccccc4)n3)o2)cc1. The number of hydrogen-bond acceptors (Lipinski definition) is 6. The number of rotatable bonds is 5. The molecule has 2 heterocycles. The molecule has 4 rings (SSSR count). The second kappa shape index (κ2) is 6.41. The minimum absolute atomic E-state index is 0.293. The molecular weight excluding hydrogens is 304 g/mol. The van der Waals surface area contributed by atoms with Gasteiger partial charge in [0.05, 0.1) is 6.42 Å². The van der Waals surface area contributed by atoms with E-state index in [-0.39, 0.29) is 0 Å². The molecule has 0 aliphatic rings. The highest BCUT2D eigenvalue weighted by Crippen LogP contribution is 2.13. The van der Waals surface area contributed by atoms with Crippen LogP contribution in [0.25, 0.3) is 11.4 Å². The molecule has 0 amide bonds. The van der Waals surface area contributed by atoms with E-state index in [1.165, 1.54) is 4.80 Å².